The summed E-state index contributed by atoms with van der Waals surface area (Å²) in [6.45, 7) is 1.82. The van der Waals surface area contributed by atoms with Gasteiger partial charge >= 0.3 is 0 Å². The van der Waals surface area contributed by atoms with Crippen LogP contribution < -0.4 is 10.5 Å². The summed E-state index contributed by atoms with van der Waals surface area (Å²) in [5.41, 5.74) is 0. The highest BCUT2D eigenvalue weighted by Crippen LogP contribution is 1.98. The zero-order valence-electron chi connectivity index (χ0n) is 6.12. The van der Waals surface area contributed by atoms with Crippen LogP contribution in [0, 0.1) is 0 Å². The Morgan fingerprint density at radius 1 is 1.55 bits per heavy atom. The summed E-state index contributed by atoms with van der Waals surface area (Å²) in [4.78, 5) is 0. The van der Waals surface area contributed by atoms with Gasteiger partial charge in [-0.1, -0.05) is 0 Å². The van der Waals surface area contributed by atoms with Crippen LogP contribution in [0.5, 0.6) is 0 Å². The molecule has 1 unspecified atom stereocenters. The van der Waals surface area contributed by atoms with E-state index in [0.29, 0.717) is 19.7 Å². The van der Waals surface area contributed by atoms with Crippen LogP contribution in [0.4, 0.5) is 0 Å². The molecule has 3 N–H and O–H groups in total. The van der Waals surface area contributed by atoms with Crippen molar-refractivity contribution < 1.29 is 13.2 Å². The van der Waals surface area contributed by atoms with Gasteiger partial charge in [-0.15, -0.1) is 0 Å². The highest BCUT2D eigenvalue weighted by molar-refractivity contribution is 7.89. The molecule has 66 valence electrons. The zero-order valence-corrected chi connectivity index (χ0v) is 6.93. The summed E-state index contributed by atoms with van der Waals surface area (Å²) in [6, 6.07) is 0. The Kier molecular flexibility index (Phi) is 2.83. The van der Waals surface area contributed by atoms with E-state index >= 15 is 0 Å². The normalized spacial score (nSPS) is 27.9. The van der Waals surface area contributed by atoms with Gasteiger partial charge in [-0.3, -0.25) is 0 Å². The molecule has 0 aromatic carbocycles. The van der Waals surface area contributed by atoms with Crippen LogP contribution in [-0.4, -0.2) is 40.0 Å². The van der Waals surface area contributed by atoms with Crippen molar-refractivity contribution >= 4 is 10.0 Å². The van der Waals surface area contributed by atoms with Gasteiger partial charge in [0.15, 0.2) is 0 Å². The zero-order chi connectivity index (χ0) is 8.32. The monoisotopic (exact) mass is 180 g/mol. The van der Waals surface area contributed by atoms with Crippen LogP contribution >= 0.6 is 0 Å². The van der Waals surface area contributed by atoms with Crippen LogP contribution in [0.3, 0.4) is 0 Å². The summed E-state index contributed by atoms with van der Waals surface area (Å²) < 4.78 is 26.6. The van der Waals surface area contributed by atoms with Gasteiger partial charge in [-0.05, 0) is 0 Å². The first-order valence-electron chi connectivity index (χ1n) is 3.41. The third-order valence-corrected chi connectivity index (χ3v) is 2.80. The van der Waals surface area contributed by atoms with E-state index < -0.39 is 15.3 Å². The highest BCUT2D eigenvalue weighted by atomic mass is 32.2. The fraction of sp³-hybridized carbons (Fsp3) is 1.00. The molecule has 1 saturated heterocycles. The molecule has 11 heavy (non-hydrogen) atoms. The first-order valence-corrected chi connectivity index (χ1v) is 5.02. The van der Waals surface area contributed by atoms with Crippen molar-refractivity contribution in [1.82, 2.24) is 5.32 Å². The average Bonchev–Trinajstić information content (AvgIpc) is 2.10. The van der Waals surface area contributed by atoms with Gasteiger partial charge in [0, 0.05) is 13.1 Å². The second-order valence-electron chi connectivity index (χ2n) is 2.49. The number of nitrogens with one attached hydrogen (secondary N) is 1. The van der Waals surface area contributed by atoms with Crippen LogP contribution in [0.25, 0.3) is 0 Å². The second kappa shape index (κ2) is 3.48. The number of hydrogen-bond acceptors (Lipinski definition) is 4. The molecule has 1 aliphatic rings. The lowest BCUT2D eigenvalue weighted by Gasteiger charge is -2.09. The van der Waals surface area contributed by atoms with Crippen LogP contribution in [0.1, 0.15) is 0 Å². The predicted octanol–water partition coefficient (Wildman–Crippen LogP) is -1.74. The molecule has 0 radical (unpaired) electrons. The molecule has 0 amide bonds. The van der Waals surface area contributed by atoms with E-state index in [4.69, 9.17) is 9.88 Å². The minimum absolute atomic E-state index is 0.200. The number of rotatable bonds is 1. The Hall–Kier alpha value is -0.170. The molecule has 5 nitrogen and oxygen atoms in total. The molecule has 1 aliphatic heterocycles. The molecule has 0 saturated carbocycles. The number of primary sulfonamides is 1. The molecule has 0 bridgehead atoms. The standard InChI is InChI=1S/C5H12N2O3S/c6-11(8,9)5-3-7-1-2-10-4-5/h5,7H,1-4H2,(H2,6,8,9). The van der Waals surface area contributed by atoms with Crippen molar-refractivity contribution in [3.05, 3.63) is 0 Å². The average molecular weight is 180 g/mol. The van der Waals surface area contributed by atoms with Crippen molar-refractivity contribution in [3.63, 3.8) is 0 Å². The Morgan fingerprint density at radius 2 is 2.27 bits per heavy atom. The van der Waals surface area contributed by atoms with Crippen molar-refractivity contribution in [2.24, 2.45) is 5.14 Å². The summed E-state index contributed by atoms with van der Waals surface area (Å²) >= 11 is 0. The van der Waals surface area contributed by atoms with Crippen LogP contribution in [0.2, 0.25) is 0 Å². The lowest BCUT2D eigenvalue weighted by Crippen LogP contribution is -2.38. The Labute approximate surface area is 66.0 Å². The van der Waals surface area contributed by atoms with E-state index in [-0.39, 0.29) is 6.61 Å². The SMILES string of the molecule is NS(=O)(=O)C1CNCCOC1. The van der Waals surface area contributed by atoms with Crippen molar-refractivity contribution in [2.75, 3.05) is 26.3 Å². The lowest BCUT2D eigenvalue weighted by atomic mass is 10.4. The third kappa shape index (κ3) is 2.74. The molecule has 6 heteroatoms. The van der Waals surface area contributed by atoms with E-state index in [9.17, 15) is 8.42 Å². The molecule has 1 fully saturated rings. The fourth-order valence-electron chi connectivity index (χ4n) is 0.892. The minimum atomic E-state index is -3.44. The van der Waals surface area contributed by atoms with E-state index in [1.807, 2.05) is 0 Å². The van der Waals surface area contributed by atoms with Gasteiger partial charge in [0.1, 0.15) is 5.25 Å². The maximum absolute atomic E-state index is 10.8. The van der Waals surface area contributed by atoms with E-state index in [2.05, 4.69) is 5.32 Å². The minimum Gasteiger partial charge on any atom is -0.379 e. The number of nitrogens with two attached hydrogens (primary N) is 1. The molecule has 1 rings (SSSR count). The molecule has 0 aromatic heterocycles. The maximum atomic E-state index is 10.8. The topological polar surface area (TPSA) is 81.4 Å². The van der Waals surface area contributed by atoms with E-state index in [1.54, 1.807) is 0 Å². The number of ether oxygens (including phenoxy) is 1. The maximum Gasteiger partial charge on any atom is 0.215 e. The lowest BCUT2D eigenvalue weighted by molar-refractivity contribution is 0.152. The largest absolute Gasteiger partial charge is 0.379 e. The Balaban J connectivity index is 2.57. The molecule has 1 atom stereocenters. The second-order valence-corrected chi connectivity index (χ2v) is 4.33. The molecule has 0 aromatic rings. The first-order chi connectivity index (χ1) is 5.11. The summed E-state index contributed by atoms with van der Waals surface area (Å²) in [5, 5.41) is 7.26. The smallest absolute Gasteiger partial charge is 0.215 e. The van der Waals surface area contributed by atoms with Crippen LogP contribution in [0.15, 0.2) is 0 Å². The summed E-state index contributed by atoms with van der Waals surface area (Å²) in [6.07, 6.45) is 0. The van der Waals surface area contributed by atoms with Gasteiger partial charge in [0.25, 0.3) is 0 Å². The molecule has 0 aliphatic carbocycles. The van der Waals surface area contributed by atoms with Gasteiger partial charge in [0.2, 0.25) is 10.0 Å². The van der Waals surface area contributed by atoms with Gasteiger partial charge in [-0.2, -0.15) is 0 Å². The van der Waals surface area contributed by atoms with Crippen molar-refractivity contribution in [1.29, 1.82) is 0 Å². The van der Waals surface area contributed by atoms with Gasteiger partial charge in [0.05, 0.1) is 13.2 Å². The van der Waals surface area contributed by atoms with Crippen molar-refractivity contribution in [2.45, 2.75) is 5.25 Å². The fourth-order valence-corrected chi connectivity index (χ4v) is 1.53. The Morgan fingerprint density at radius 3 is 2.91 bits per heavy atom. The van der Waals surface area contributed by atoms with Crippen LogP contribution in [-0.2, 0) is 14.8 Å². The third-order valence-electron chi connectivity index (χ3n) is 1.56. The highest BCUT2D eigenvalue weighted by Gasteiger charge is 2.22. The van der Waals surface area contributed by atoms with Gasteiger partial charge < -0.3 is 10.1 Å². The summed E-state index contributed by atoms with van der Waals surface area (Å²) in [7, 11) is -3.44. The Bertz CT molecular complexity index is 206. The van der Waals surface area contributed by atoms with Crippen molar-refractivity contribution in [3.8, 4) is 0 Å². The quantitative estimate of drug-likeness (QED) is 0.502. The number of hydrogen-bond donors (Lipinski definition) is 2. The molecule has 0 spiro atoms. The molecular weight excluding hydrogens is 168 g/mol. The molecule has 1 heterocycles. The van der Waals surface area contributed by atoms with E-state index in [1.165, 1.54) is 0 Å². The van der Waals surface area contributed by atoms with E-state index in [0.717, 1.165) is 0 Å². The summed E-state index contributed by atoms with van der Waals surface area (Å²) in [5.74, 6) is 0. The first kappa shape index (κ1) is 8.92. The predicted molar refractivity (Wildman–Crippen MR) is 40.6 cm³/mol. The number of sulfonamides is 1. The molecular formula is C5H12N2O3S. The van der Waals surface area contributed by atoms with Gasteiger partial charge in [-0.25, -0.2) is 13.6 Å².